The molecule has 96 valence electrons. The van der Waals surface area contributed by atoms with Gasteiger partial charge in [-0.25, -0.2) is 0 Å². The van der Waals surface area contributed by atoms with E-state index in [1.807, 2.05) is 0 Å². The quantitative estimate of drug-likeness (QED) is 0.526. The van der Waals surface area contributed by atoms with Crippen LogP contribution in [0, 0.1) is 16.0 Å². The third kappa shape index (κ3) is 2.51. The van der Waals surface area contributed by atoms with Crippen LogP contribution < -0.4 is 4.90 Å². The second-order valence-corrected chi connectivity index (χ2v) is 5.37. The molecule has 1 aromatic carbocycles. The number of nitrogens with zero attached hydrogens (tertiary/aromatic N) is 2. The number of halogens is 1. The summed E-state index contributed by atoms with van der Waals surface area (Å²) in [5.41, 5.74) is 0.536. The van der Waals surface area contributed by atoms with E-state index in [2.05, 4.69) is 28.6 Å². The Hall–Kier alpha value is -1.08. The molecule has 0 aromatic heterocycles. The summed E-state index contributed by atoms with van der Waals surface area (Å²) in [6.07, 6.45) is 0.452. The van der Waals surface area contributed by atoms with Crippen LogP contribution in [0.5, 0.6) is 0 Å². The largest absolute Gasteiger partial charge is 0.312 e. The lowest BCUT2D eigenvalue weighted by molar-refractivity contribution is -0.385. The predicted molar refractivity (Wildman–Crippen MR) is 75.1 cm³/mol. The SMILES string of the molecule is O=C1CC(CS)CN1c1ccc(Br)c([N+](=O)[O-])c1. The third-order valence-electron chi connectivity index (χ3n) is 2.90. The molecule has 1 saturated heterocycles. The van der Waals surface area contributed by atoms with E-state index in [1.165, 1.54) is 6.07 Å². The van der Waals surface area contributed by atoms with Crippen LogP contribution in [-0.4, -0.2) is 23.1 Å². The Bertz CT molecular complexity index is 509. The average molecular weight is 331 g/mol. The van der Waals surface area contributed by atoms with Crippen molar-refractivity contribution in [2.75, 3.05) is 17.2 Å². The summed E-state index contributed by atoms with van der Waals surface area (Å²) in [4.78, 5) is 23.8. The summed E-state index contributed by atoms with van der Waals surface area (Å²) < 4.78 is 0.411. The summed E-state index contributed by atoms with van der Waals surface area (Å²) >= 11 is 7.31. The van der Waals surface area contributed by atoms with E-state index in [4.69, 9.17) is 0 Å². The molecule has 1 unspecified atom stereocenters. The van der Waals surface area contributed by atoms with E-state index < -0.39 is 4.92 Å². The van der Waals surface area contributed by atoms with Crippen LogP contribution in [0.2, 0.25) is 0 Å². The summed E-state index contributed by atoms with van der Waals surface area (Å²) in [5, 5.41) is 10.9. The van der Waals surface area contributed by atoms with E-state index in [0.717, 1.165) is 0 Å². The Morgan fingerprint density at radius 3 is 2.83 bits per heavy atom. The number of hydrogen-bond donors (Lipinski definition) is 1. The molecule has 1 aromatic rings. The van der Waals surface area contributed by atoms with Gasteiger partial charge in [-0.2, -0.15) is 12.6 Å². The smallest absolute Gasteiger partial charge is 0.285 e. The molecule has 0 saturated carbocycles. The fraction of sp³-hybridized carbons (Fsp3) is 0.364. The molecule has 1 aliphatic heterocycles. The number of nitro benzene ring substituents is 1. The first-order valence-electron chi connectivity index (χ1n) is 5.38. The lowest BCUT2D eigenvalue weighted by Crippen LogP contribution is -2.24. The van der Waals surface area contributed by atoms with Crippen molar-refractivity contribution in [3.8, 4) is 0 Å². The number of benzene rings is 1. The topological polar surface area (TPSA) is 63.5 Å². The normalized spacial score (nSPS) is 19.3. The average Bonchev–Trinajstić information content (AvgIpc) is 2.71. The van der Waals surface area contributed by atoms with Crippen LogP contribution in [0.1, 0.15) is 6.42 Å². The van der Waals surface area contributed by atoms with Crippen molar-refractivity contribution in [2.24, 2.45) is 5.92 Å². The van der Waals surface area contributed by atoms with E-state index in [1.54, 1.807) is 17.0 Å². The van der Waals surface area contributed by atoms with Gasteiger partial charge in [0.2, 0.25) is 5.91 Å². The van der Waals surface area contributed by atoms with Gasteiger partial charge in [-0.15, -0.1) is 0 Å². The summed E-state index contributed by atoms with van der Waals surface area (Å²) in [5.74, 6) is 0.843. The molecule has 1 aliphatic rings. The molecule has 0 spiro atoms. The van der Waals surface area contributed by atoms with Crippen LogP contribution >= 0.6 is 28.6 Å². The zero-order chi connectivity index (χ0) is 13.3. The molecular weight excluding hydrogens is 320 g/mol. The molecule has 0 aliphatic carbocycles. The van der Waals surface area contributed by atoms with Crippen molar-refractivity contribution in [1.82, 2.24) is 0 Å². The molecule has 7 heteroatoms. The van der Waals surface area contributed by atoms with Gasteiger partial charge in [0.15, 0.2) is 0 Å². The maximum atomic E-state index is 11.8. The summed E-state index contributed by atoms with van der Waals surface area (Å²) in [6, 6.07) is 4.72. The molecule has 5 nitrogen and oxygen atoms in total. The molecule has 0 N–H and O–H groups in total. The zero-order valence-electron chi connectivity index (χ0n) is 9.38. The zero-order valence-corrected chi connectivity index (χ0v) is 11.9. The Balaban J connectivity index is 2.32. The number of thiol groups is 1. The standard InChI is InChI=1S/C11H11BrN2O3S/c12-9-2-1-8(4-10(9)14(16)17)13-5-7(6-18)3-11(13)15/h1-2,4,7,18H,3,5-6H2. The van der Waals surface area contributed by atoms with Crippen molar-refractivity contribution in [1.29, 1.82) is 0 Å². The van der Waals surface area contributed by atoms with E-state index in [-0.39, 0.29) is 17.5 Å². The Morgan fingerprint density at radius 2 is 2.28 bits per heavy atom. The summed E-state index contributed by atoms with van der Waals surface area (Å²) in [6.45, 7) is 0.571. The maximum absolute atomic E-state index is 11.8. The van der Waals surface area contributed by atoms with Gasteiger partial charge in [0.05, 0.1) is 15.1 Å². The van der Waals surface area contributed by atoms with Crippen molar-refractivity contribution in [3.63, 3.8) is 0 Å². The van der Waals surface area contributed by atoms with E-state index >= 15 is 0 Å². The number of anilines is 1. The summed E-state index contributed by atoms with van der Waals surface area (Å²) in [7, 11) is 0. The van der Waals surface area contributed by atoms with E-state index in [0.29, 0.717) is 28.9 Å². The third-order valence-corrected chi connectivity index (χ3v) is 4.09. The highest BCUT2D eigenvalue weighted by Crippen LogP contribution is 2.32. The second kappa shape index (κ2) is 5.27. The van der Waals surface area contributed by atoms with Gasteiger partial charge in [-0.05, 0) is 39.7 Å². The molecule has 0 radical (unpaired) electrons. The lowest BCUT2D eigenvalue weighted by atomic mass is 10.1. The van der Waals surface area contributed by atoms with Gasteiger partial charge in [0.25, 0.3) is 5.69 Å². The van der Waals surface area contributed by atoms with Gasteiger partial charge >= 0.3 is 0 Å². The number of rotatable bonds is 3. The molecule has 2 rings (SSSR count). The lowest BCUT2D eigenvalue weighted by Gasteiger charge is -2.16. The first-order chi connectivity index (χ1) is 8.52. The van der Waals surface area contributed by atoms with Crippen molar-refractivity contribution < 1.29 is 9.72 Å². The number of amides is 1. The molecule has 1 atom stereocenters. The monoisotopic (exact) mass is 330 g/mol. The molecule has 0 bridgehead atoms. The van der Waals surface area contributed by atoms with E-state index in [9.17, 15) is 14.9 Å². The molecule has 1 heterocycles. The Kier molecular flexibility index (Phi) is 3.91. The minimum atomic E-state index is -0.468. The predicted octanol–water partition coefficient (Wildman–Crippen LogP) is 2.64. The molecular formula is C11H11BrN2O3S. The van der Waals surface area contributed by atoms with Gasteiger partial charge in [0, 0.05) is 19.0 Å². The van der Waals surface area contributed by atoms with Gasteiger partial charge in [-0.3, -0.25) is 14.9 Å². The molecule has 1 fully saturated rings. The van der Waals surface area contributed by atoms with Crippen LogP contribution in [0.4, 0.5) is 11.4 Å². The molecule has 1 amide bonds. The van der Waals surface area contributed by atoms with Gasteiger partial charge in [-0.1, -0.05) is 0 Å². The highest BCUT2D eigenvalue weighted by atomic mass is 79.9. The number of nitro groups is 1. The fourth-order valence-electron chi connectivity index (χ4n) is 1.96. The van der Waals surface area contributed by atoms with Crippen LogP contribution in [0.3, 0.4) is 0 Å². The fourth-order valence-corrected chi connectivity index (χ4v) is 2.60. The van der Waals surface area contributed by atoms with Crippen LogP contribution in [0.15, 0.2) is 22.7 Å². The second-order valence-electron chi connectivity index (χ2n) is 4.15. The first kappa shape index (κ1) is 13.4. The number of carbonyl (C=O) groups excluding carboxylic acids is 1. The minimum absolute atomic E-state index is 0.00864. The minimum Gasteiger partial charge on any atom is -0.312 e. The van der Waals surface area contributed by atoms with Crippen molar-refractivity contribution in [2.45, 2.75) is 6.42 Å². The first-order valence-corrected chi connectivity index (χ1v) is 6.80. The highest BCUT2D eigenvalue weighted by Gasteiger charge is 2.30. The molecule has 18 heavy (non-hydrogen) atoms. The van der Waals surface area contributed by atoms with Gasteiger partial charge in [0.1, 0.15) is 0 Å². The van der Waals surface area contributed by atoms with Crippen molar-refractivity contribution >= 4 is 45.8 Å². The number of hydrogen-bond acceptors (Lipinski definition) is 4. The maximum Gasteiger partial charge on any atom is 0.285 e. The Labute approximate surface area is 118 Å². The number of carbonyl (C=O) groups is 1. The Morgan fingerprint density at radius 1 is 1.56 bits per heavy atom. The van der Waals surface area contributed by atoms with Crippen molar-refractivity contribution in [3.05, 3.63) is 32.8 Å². The van der Waals surface area contributed by atoms with Gasteiger partial charge < -0.3 is 4.90 Å². The van der Waals surface area contributed by atoms with Crippen LogP contribution in [0.25, 0.3) is 0 Å². The van der Waals surface area contributed by atoms with Crippen LogP contribution in [-0.2, 0) is 4.79 Å². The highest BCUT2D eigenvalue weighted by molar-refractivity contribution is 9.10.